The Hall–Kier alpha value is -0.740. The van der Waals surface area contributed by atoms with E-state index < -0.39 is 0 Å². The van der Waals surface area contributed by atoms with Crippen LogP contribution in [0.2, 0.25) is 0 Å². The van der Waals surface area contributed by atoms with Crippen LogP contribution in [0, 0.1) is 5.92 Å². The summed E-state index contributed by atoms with van der Waals surface area (Å²) in [5.41, 5.74) is 1.27. The van der Waals surface area contributed by atoms with Gasteiger partial charge in [0.05, 0.1) is 6.04 Å². The van der Waals surface area contributed by atoms with E-state index in [2.05, 4.69) is 19.1 Å². The second-order valence-electron chi connectivity index (χ2n) is 4.74. The predicted molar refractivity (Wildman–Crippen MR) is 85.6 cm³/mol. The molecule has 0 aromatic heterocycles. The van der Waals surface area contributed by atoms with E-state index >= 15 is 0 Å². The molecule has 1 aliphatic heterocycles. The minimum atomic E-state index is 0.0611. The van der Waals surface area contributed by atoms with E-state index in [4.69, 9.17) is 4.99 Å². The fourth-order valence-electron chi connectivity index (χ4n) is 2.01. The summed E-state index contributed by atoms with van der Waals surface area (Å²) in [5.74, 6) is 0.943. The van der Waals surface area contributed by atoms with Gasteiger partial charge < -0.3 is 0 Å². The van der Waals surface area contributed by atoms with Crippen molar-refractivity contribution in [1.29, 1.82) is 0 Å². The first-order valence-corrected chi connectivity index (χ1v) is 8.47. The van der Waals surface area contributed by atoms with Crippen molar-refractivity contribution in [1.82, 2.24) is 0 Å². The minimum Gasteiger partial charge on any atom is -0.286 e. The molecule has 0 unspecified atom stereocenters. The van der Waals surface area contributed by atoms with E-state index in [1.54, 1.807) is 11.8 Å². The summed E-state index contributed by atoms with van der Waals surface area (Å²) in [6, 6.07) is 10.5. The van der Waals surface area contributed by atoms with Crippen LogP contribution in [-0.2, 0) is 10.5 Å². The highest BCUT2D eigenvalue weighted by Crippen LogP contribution is 2.33. The summed E-state index contributed by atoms with van der Waals surface area (Å²) in [6.07, 6.45) is 2.08. The molecular formula is C15H19NOS2. The molecule has 102 valence electrons. The predicted octanol–water partition coefficient (Wildman–Crippen LogP) is 4.35. The smallest absolute Gasteiger partial charge is 0.200 e. The van der Waals surface area contributed by atoms with E-state index in [9.17, 15) is 4.79 Å². The third kappa shape index (κ3) is 4.11. The third-order valence-corrected chi connectivity index (χ3v) is 5.48. The molecule has 1 aromatic rings. The Labute approximate surface area is 123 Å². The van der Waals surface area contributed by atoms with Gasteiger partial charge in [0.15, 0.2) is 0 Å². The zero-order chi connectivity index (χ0) is 13.7. The molecule has 1 heterocycles. The maximum Gasteiger partial charge on any atom is 0.200 e. The molecule has 1 aromatic carbocycles. The van der Waals surface area contributed by atoms with Gasteiger partial charge in [0.1, 0.15) is 4.38 Å². The van der Waals surface area contributed by atoms with E-state index in [-0.39, 0.29) is 17.1 Å². The van der Waals surface area contributed by atoms with Gasteiger partial charge in [-0.1, -0.05) is 62.4 Å². The zero-order valence-corrected chi connectivity index (χ0v) is 13.0. The van der Waals surface area contributed by atoms with Crippen molar-refractivity contribution in [3.63, 3.8) is 0 Å². The summed E-state index contributed by atoms with van der Waals surface area (Å²) in [5, 5.41) is 0.268. The van der Waals surface area contributed by atoms with E-state index in [0.29, 0.717) is 0 Å². The molecule has 19 heavy (non-hydrogen) atoms. The van der Waals surface area contributed by atoms with Crippen molar-refractivity contribution >= 4 is 33.0 Å². The maximum absolute atomic E-state index is 12.0. The highest BCUT2D eigenvalue weighted by molar-refractivity contribution is 8.44. The highest BCUT2D eigenvalue weighted by Gasteiger charge is 2.29. The SMILES string of the molecule is CCC[C@@H]1N=C(SCc2ccccc2)SC(=O)[C@@H]1C. The van der Waals surface area contributed by atoms with Gasteiger partial charge in [0.25, 0.3) is 0 Å². The number of aliphatic imine (C=N–C) groups is 1. The second-order valence-corrected chi connectivity index (χ2v) is 6.95. The highest BCUT2D eigenvalue weighted by atomic mass is 32.2. The van der Waals surface area contributed by atoms with Crippen LogP contribution in [0.1, 0.15) is 32.3 Å². The summed E-state index contributed by atoms with van der Waals surface area (Å²) in [7, 11) is 0. The van der Waals surface area contributed by atoms with E-state index in [1.165, 1.54) is 17.3 Å². The fourth-order valence-corrected chi connectivity index (χ4v) is 4.06. The van der Waals surface area contributed by atoms with Crippen LogP contribution in [0.15, 0.2) is 35.3 Å². The monoisotopic (exact) mass is 293 g/mol. The van der Waals surface area contributed by atoms with Gasteiger partial charge in [-0.15, -0.1) is 0 Å². The number of carbonyl (C=O) groups is 1. The van der Waals surface area contributed by atoms with Crippen LogP contribution in [0.4, 0.5) is 0 Å². The van der Waals surface area contributed by atoms with Gasteiger partial charge in [-0.05, 0) is 23.7 Å². The zero-order valence-electron chi connectivity index (χ0n) is 11.3. The number of benzene rings is 1. The van der Waals surface area contributed by atoms with Crippen molar-refractivity contribution in [3.8, 4) is 0 Å². The second kappa shape index (κ2) is 7.15. The molecule has 2 atom stereocenters. The van der Waals surface area contributed by atoms with Gasteiger partial charge in [-0.25, -0.2) is 0 Å². The Morgan fingerprint density at radius 1 is 1.32 bits per heavy atom. The number of carbonyl (C=O) groups excluding carboxylic acids is 1. The van der Waals surface area contributed by atoms with Gasteiger partial charge in [-0.2, -0.15) is 0 Å². The van der Waals surface area contributed by atoms with Crippen molar-refractivity contribution < 1.29 is 4.79 Å². The molecule has 1 aliphatic rings. The van der Waals surface area contributed by atoms with Crippen LogP contribution < -0.4 is 0 Å². The Morgan fingerprint density at radius 2 is 2.05 bits per heavy atom. The summed E-state index contributed by atoms with van der Waals surface area (Å²) < 4.78 is 0.936. The van der Waals surface area contributed by atoms with Gasteiger partial charge >= 0.3 is 0 Å². The number of hydrogen-bond acceptors (Lipinski definition) is 4. The Morgan fingerprint density at radius 3 is 2.74 bits per heavy atom. The van der Waals surface area contributed by atoms with Crippen LogP contribution in [0.5, 0.6) is 0 Å². The van der Waals surface area contributed by atoms with Crippen LogP contribution in [0.3, 0.4) is 0 Å². The lowest BCUT2D eigenvalue weighted by molar-refractivity contribution is -0.114. The number of nitrogens with zero attached hydrogens (tertiary/aromatic N) is 1. The largest absolute Gasteiger partial charge is 0.286 e. The first-order valence-electron chi connectivity index (χ1n) is 6.67. The summed E-state index contributed by atoms with van der Waals surface area (Å²) in [4.78, 5) is 16.7. The summed E-state index contributed by atoms with van der Waals surface area (Å²) >= 11 is 3.00. The molecule has 0 radical (unpaired) electrons. The van der Waals surface area contributed by atoms with Crippen LogP contribution in [-0.4, -0.2) is 15.5 Å². The lowest BCUT2D eigenvalue weighted by Gasteiger charge is -2.24. The van der Waals surface area contributed by atoms with Crippen molar-refractivity contribution in [2.75, 3.05) is 0 Å². The molecule has 2 rings (SSSR count). The first-order chi connectivity index (χ1) is 9.20. The van der Waals surface area contributed by atoms with E-state index in [1.807, 2.05) is 25.1 Å². The van der Waals surface area contributed by atoms with Gasteiger partial charge in [0.2, 0.25) is 5.12 Å². The molecule has 0 saturated heterocycles. The minimum absolute atomic E-state index is 0.0611. The normalized spacial score (nSPS) is 23.3. The quantitative estimate of drug-likeness (QED) is 0.826. The average Bonchev–Trinajstić information content (AvgIpc) is 2.43. The standard InChI is InChI=1S/C15H19NOS2/c1-3-7-13-11(2)14(17)19-15(16-13)18-10-12-8-5-4-6-9-12/h4-6,8-9,11,13H,3,7,10H2,1-2H3/t11-,13+/m1/s1. The van der Waals surface area contributed by atoms with Gasteiger partial charge in [-0.3, -0.25) is 9.79 Å². The van der Waals surface area contributed by atoms with E-state index in [0.717, 1.165) is 23.0 Å². The summed E-state index contributed by atoms with van der Waals surface area (Å²) in [6.45, 7) is 4.14. The third-order valence-electron chi connectivity index (χ3n) is 3.20. The molecule has 0 spiro atoms. The molecule has 4 heteroatoms. The Bertz CT molecular complexity index is 458. The molecule has 0 amide bonds. The maximum atomic E-state index is 12.0. The molecule has 2 nitrogen and oxygen atoms in total. The Balaban J connectivity index is 1.99. The molecule has 0 fully saturated rings. The lowest BCUT2D eigenvalue weighted by atomic mass is 10.00. The van der Waals surface area contributed by atoms with Crippen LogP contribution >= 0.6 is 23.5 Å². The molecule has 0 aliphatic carbocycles. The number of rotatable bonds is 4. The fraction of sp³-hybridized carbons (Fsp3) is 0.467. The van der Waals surface area contributed by atoms with Crippen LogP contribution in [0.25, 0.3) is 0 Å². The molecular weight excluding hydrogens is 274 g/mol. The van der Waals surface area contributed by atoms with Crippen molar-refractivity contribution in [2.45, 2.75) is 38.5 Å². The molecule has 0 bridgehead atoms. The number of hydrogen-bond donors (Lipinski definition) is 0. The van der Waals surface area contributed by atoms with Crippen molar-refractivity contribution in [2.24, 2.45) is 10.9 Å². The lowest BCUT2D eigenvalue weighted by Crippen LogP contribution is -2.27. The molecule has 0 N–H and O–H groups in total. The topological polar surface area (TPSA) is 29.4 Å². The number of thioether (sulfide) groups is 2. The van der Waals surface area contributed by atoms with Gasteiger partial charge in [0, 0.05) is 11.7 Å². The first kappa shape index (κ1) is 14.7. The van der Waals surface area contributed by atoms with Crippen molar-refractivity contribution in [3.05, 3.63) is 35.9 Å². The molecule has 0 saturated carbocycles. The Kier molecular flexibility index (Phi) is 5.52. The average molecular weight is 293 g/mol.